The van der Waals surface area contributed by atoms with Crippen molar-refractivity contribution < 1.29 is 13.2 Å². The Hall–Kier alpha value is -1.03. The average Bonchev–Trinajstić information content (AvgIpc) is 2.18. The number of hydrogen-bond acceptors (Lipinski definition) is 1. The Kier molecular flexibility index (Phi) is 2.23. The largest absolute Gasteiger partial charge is 0.289 e. The molecule has 0 radical (unpaired) electrons. The molecule has 0 fully saturated rings. The minimum absolute atomic E-state index is 0.0706. The summed E-state index contributed by atoms with van der Waals surface area (Å²) in [6, 6.07) is 6.40. The first kappa shape index (κ1) is 9.52. The normalized spacial score (nSPS) is 26.3. The maximum Gasteiger partial charge on any atom is 0.289 e. The van der Waals surface area contributed by atoms with Crippen LogP contribution >= 0.6 is 0 Å². The molecule has 0 saturated heterocycles. The van der Waals surface area contributed by atoms with Crippen molar-refractivity contribution in [2.75, 3.05) is 6.54 Å². The summed E-state index contributed by atoms with van der Waals surface area (Å²) in [6.45, 7) is 0.248. The summed E-state index contributed by atoms with van der Waals surface area (Å²) in [5.74, 6) is -2.67. The predicted molar refractivity (Wildman–Crippen MR) is 46.9 cm³/mol. The Morgan fingerprint density at radius 3 is 2.71 bits per heavy atom. The number of hydrogen-bond donors (Lipinski definition) is 1. The van der Waals surface area contributed by atoms with Gasteiger partial charge < -0.3 is 0 Å². The Morgan fingerprint density at radius 2 is 2.00 bits per heavy atom. The van der Waals surface area contributed by atoms with Crippen molar-refractivity contribution in [1.82, 2.24) is 5.32 Å². The molecule has 1 N–H and O–H groups in total. The van der Waals surface area contributed by atoms with E-state index in [9.17, 15) is 13.2 Å². The molecule has 1 aliphatic heterocycles. The van der Waals surface area contributed by atoms with Crippen molar-refractivity contribution in [2.45, 2.75) is 18.6 Å². The molecule has 1 aliphatic rings. The average molecular weight is 201 g/mol. The van der Waals surface area contributed by atoms with E-state index in [-0.39, 0.29) is 12.1 Å². The minimum Gasteiger partial charge on any atom is -0.276 e. The first-order valence-electron chi connectivity index (χ1n) is 4.45. The highest BCUT2D eigenvalue weighted by Gasteiger charge is 2.44. The van der Waals surface area contributed by atoms with Crippen LogP contribution < -0.4 is 5.32 Å². The maximum atomic E-state index is 13.8. The molecule has 1 heterocycles. The molecular weight excluding hydrogens is 191 g/mol. The van der Waals surface area contributed by atoms with Gasteiger partial charge in [-0.1, -0.05) is 24.3 Å². The van der Waals surface area contributed by atoms with Crippen LogP contribution in [0.5, 0.6) is 0 Å². The van der Waals surface area contributed by atoms with E-state index in [0.717, 1.165) is 0 Å². The molecule has 1 nitrogen and oxygen atoms in total. The zero-order chi connectivity index (χ0) is 10.2. The molecule has 1 atom stereocenters. The third kappa shape index (κ3) is 1.30. The summed E-state index contributed by atoms with van der Waals surface area (Å²) >= 11 is 0. The molecule has 1 aromatic carbocycles. The van der Waals surface area contributed by atoms with E-state index in [4.69, 9.17) is 0 Å². The van der Waals surface area contributed by atoms with E-state index >= 15 is 0 Å². The zero-order valence-electron chi connectivity index (χ0n) is 7.43. The van der Waals surface area contributed by atoms with Gasteiger partial charge in [0.25, 0.3) is 6.43 Å². The van der Waals surface area contributed by atoms with Crippen LogP contribution in [-0.2, 0) is 12.2 Å². The van der Waals surface area contributed by atoms with Gasteiger partial charge >= 0.3 is 0 Å². The van der Waals surface area contributed by atoms with E-state index < -0.39 is 12.2 Å². The molecule has 0 bridgehead atoms. The maximum absolute atomic E-state index is 13.8. The van der Waals surface area contributed by atoms with Gasteiger partial charge in [0.15, 0.2) is 0 Å². The Bertz CT molecular complexity index is 340. The van der Waals surface area contributed by atoms with Gasteiger partial charge in [-0.25, -0.2) is 13.2 Å². The summed E-state index contributed by atoms with van der Waals surface area (Å²) in [5.41, 5.74) is 0.732. The second kappa shape index (κ2) is 3.28. The third-order valence-corrected chi connectivity index (χ3v) is 2.49. The second-order valence-corrected chi connectivity index (χ2v) is 3.35. The van der Waals surface area contributed by atoms with Gasteiger partial charge in [0.2, 0.25) is 5.79 Å². The van der Waals surface area contributed by atoms with Gasteiger partial charge in [-0.15, -0.1) is 0 Å². The number of alkyl halides is 3. The smallest absolute Gasteiger partial charge is 0.276 e. The molecule has 0 saturated carbocycles. The fraction of sp³-hybridized carbons (Fsp3) is 0.400. The van der Waals surface area contributed by atoms with Crippen molar-refractivity contribution in [1.29, 1.82) is 0 Å². The summed E-state index contributed by atoms with van der Waals surface area (Å²) in [4.78, 5) is 0. The van der Waals surface area contributed by atoms with E-state index in [1.165, 1.54) is 6.07 Å². The molecule has 1 aromatic rings. The first-order chi connectivity index (χ1) is 6.64. The molecule has 0 spiro atoms. The Morgan fingerprint density at radius 1 is 1.29 bits per heavy atom. The number of halogens is 3. The SMILES string of the molecule is FC(F)C1(F)NCCc2ccccc21. The summed E-state index contributed by atoms with van der Waals surface area (Å²) in [5, 5.41) is 2.23. The van der Waals surface area contributed by atoms with Crippen LogP contribution in [0.2, 0.25) is 0 Å². The Balaban J connectivity index is 2.50. The molecular formula is C10H10F3N. The summed E-state index contributed by atoms with van der Waals surface area (Å²) in [7, 11) is 0. The first-order valence-corrected chi connectivity index (χ1v) is 4.45. The van der Waals surface area contributed by atoms with Crippen molar-refractivity contribution in [3.8, 4) is 0 Å². The number of benzene rings is 1. The van der Waals surface area contributed by atoms with E-state index in [0.29, 0.717) is 12.0 Å². The minimum atomic E-state index is -3.04. The molecule has 0 aromatic heterocycles. The standard InChI is InChI=1S/C10H10F3N/c11-9(12)10(13)8-4-2-1-3-7(8)5-6-14-10/h1-4,9,14H,5-6H2. The van der Waals surface area contributed by atoms with Crippen LogP contribution in [0, 0.1) is 0 Å². The van der Waals surface area contributed by atoms with E-state index in [1.54, 1.807) is 18.2 Å². The number of nitrogens with one attached hydrogen (secondary N) is 1. The fourth-order valence-electron chi connectivity index (χ4n) is 1.76. The fourth-order valence-corrected chi connectivity index (χ4v) is 1.76. The molecule has 76 valence electrons. The molecule has 2 rings (SSSR count). The lowest BCUT2D eigenvalue weighted by atomic mass is 9.93. The van der Waals surface area contributed by atoms with Crippen molar-refractivity contribution in [3.05, 3.63) is 35.4 Å². The summed E-state index contributed by atoms with van der Waals surface area (Å²) < 4.78 is 38.9. The van der Waals surface area contributed by atoms with Crippen LogP contribution in [-0.4, -0.2) is 13.0 Å². The molecule has 4 heteroatoms. The Labute approximate surface area is 79.9 Å². The van der Waals surface area contributed by atoms with Gasteiger partial charge in [-0.3, -0.25) is 5.32 Å². The van der Waals surface area contributed by atoms with Crippen LogP contribution in [0.25, 0.3) is 0 Å². The van der Waals surface area contributed by atoms with Crippen LogP contribution in [0.4, 0.5) is 13.2 Å². The zero-order valence-corrected chi connectivity index (χ0v) is 7.43. The van der Waals surface area contributed by atoms with Crippen molar-refractivity contribution in [2.24, 2.45) is 0 Å². The van der Waals surface area contributed by atoms with Gasteiger partial charge in [0.05, 0.1) is 0 Å². The monoisotopic (exact) mass is 201 g/mol. The highest BCUT2D eigenvalue weighted by molar-refractivity contribution is 5.34. The van der Waals surface area contributed by atoms with Gasteiger partial charge in [-0.05, 0) is 12.0 Å². The quantitative estimate of drug-likeness (QED) is 0.687. The highest BCUT2D eigenvalue weighted by atomic mass is 19.3. The highest BCUT2D eigenvalue weighted by Crippen LogP contribution is 2.34. The topological polar surface area (TPSA) is 12.0 Å². The second-order valence-electron chi connectivity index (χ2n) is 3.35. The third-order valence-electron chi connectivity index (χ3n) is 2.49. The molecule has 0 amide bonds. The van der Waals surface area contributed by atoms with Crippen molar-refractivity contribution in [3.63, 3.8) is 0 Å². The molecule has 14 heavy (non-hydrogen) atoms. The predicted octanol–water partition coefficient (Wildman–Crippen LogP) is 2.22. The van der Waals surface area contributed by atoms with E-state index in [2.05, 4.69) is 5.32 Å². The lowest BCUT2D eigenvalue weighted by molar-refractivity contribution is -0.0672. The van der Waals surface area contributed by atoms with Crippen LogP contribution in [0.1, 0.15) is 11.1 Å². The lowest BCUT2D eigenvalue weighted by Crippen LogP contribution is -2.49. The number of rotatable bonds is 1. The summed E-state index contributed by atoms with van der Waals surface area (Å²) in [6.07, 6.45) is -2.45. The molecule has 1 unspecified atom stereocenters. The lowest BCUT2D eigenvalue weighted by Gasteiger charge is -2.32. The molecule has 0 aliphatic carbocycles. The van der Waals surface area contributed by atoms with Gasteiger partial charge in [0, 0.05) is 12.1 Å². The number of fused-ring (bicyclic) bond motifs is 1. The van der Waals surface area contributed by atoms with E-state index in [1.807, 2.05) is 0 Å². The van der Waals surface area contributed by atoms with Crippen LogP contribution in [0.15, 0.2) is 24.3 Å². The van der Waals surface area contributed by atoms with Crippen molar-refractivity contribution >= 4 is 0 Å². The van der Waals surface area contributed by atoms with Gasteiger partial charge in [0.1, 0.15) is 0 Å². The van der Waals surface area contributed by atoms with Crippen LogP contribution in [0.3, 0.4) is 0 Å². The van der Waals surface area contributed by atoms with Gasteiger partial charge in [-0.2, -0.15) is 0 Å².